The van der Waals surface area contributed by atoms with Gasteiger partial charge in [0.25, 0.3) is 0 Å². The van der Waals surface area contributed by atoms with Gasteiger partial charge in [-0.2, -0.15) is 0 Å². The van der Waals surface area contributed by atoms with Gasteiger partial charge >= 0.3 is 0 Å². The maximum Gasteiger partial charge on any atom is 0.225 e. The molecule has 0 aromatic carbocycles. The van der Waals surface area contributed by atoms with E-state index in [9.17, 15) is 0 Å². The van der Waals surface area contributed by atoms with E-state index in [-0.39, 0.29) is 0 Å². The lowest BCUT2D eigenvalue weighted by Gasteiger charge is -2.35. The molecule has 2 aliphatic heterocycles. The molecule has 0 amide bonds. The number of anilines is 1. The first kappa shape index (κ1) is 13.8. The van der Waals surface area contributed by atoms with E-state index in [1.54, 1.807) is 0 Å². The van der Waals surface area contributed by atoms with Crippen LogP contribution in [0.3, 0.4) is 0 Å². The molecule has 2 aliphatic rings. The summed E-state index contributed by atoms with van der Waals surface area (Å²) in [5, 5.41) is 3.70. The van der Waals surface area contributed by atoms with Gasteiger partial charge in [-0.25, -0.2) is 9.97 Å². The minimum atomic E-state index is 0.588. The average molecular weight is 274 g/mol. The van der Waals surface area contributed by atoms with Crippen LogP contribution < -0.4 is 10.2 Å². The summed E-state index contributed by atoms with van der Waals surface area (Å²) in [7, 11) is 2.17. The summed E-state index contributed by atoms with van der Waals surface area (Å²) in [4.78, 5) is 11.8. The van der Waals surface area contributed by atoms with Crippen LogP contribution >= 0.6 is 0 Å². The number of nitrogens with one attached hydrogen (secondary N) is 1. The molecule has 2 unspecified atom stereocenters. The van der Waals surface area contributed by atoms with Gasteiger partial charge in [0.2, 0.25) is 5.95 Å². The van der Waals surface area contributed by atoms with Crippen molar-refractivity contribution in [3.63, 3.8) is 0 Å². The number of rotatable bonds is 4. The fraction of sp³-hybridized carbons (Fsp3) is 0.750. The van der Waals surface area contributed by atoms with E-state index in [0.717, 1.165) is 30.2 Å². The summed E-state index contributed by atoms with van der Waals surface area (Å²) in [6.07, 6.45) is 7.10. The van der Waals surface area contributed by atoms with Crippen LogP contribution in [0.4, 0.5) is 5.95 Å². The maximum absolute atomic E-state index is 4.74. The molecule has 0 radical (unpaired) electrons. The molecule has 4 nitrogen and oxygen atoms in total. The molecule has 110 valence electrons. The lowest BCUT2D eigenvalue weighted by Crippen LogP contribution is -2.47. The highest BCUT2D eigenvalue weighted by Gasteiger charge is 2.35. The summed E-state index contributed by atoms with van der Waals surface area (Å²) in [5.74, 6) is 0.924. The molecule has 3 heterocycles. The van der Waals surface area contributed by atoms with E-state index in [1.807, 2.05) is 0 Å². The van der Waals surface area contributed by atoms with E-state index in [4.69, 9.17) is 9.97 Å². The first-order valence-corrected chi connectivity index (χ1v) is 8.05. The van der Waals surface area contributed by atoms with Crippen molar-refractivity contribution in [3.8, 4) is 0 Å². The van der Waals surface area contributed by atoms with Crippen LogP contribution in [-0.4, -0.2) is 35.1 Å². The topological polar surface area (TPSA) is 41.1 Å². The lowest BCUT2D eigenvalue weighted by atomic mass is 9.99. The van der Waals surface area contributed by atoms with Crippen molar-refractivity contribution < 1.29 is 0 Å². The minimum absolute atomic E-state index is 0.588. The van der Waals surface area contributed by atoms with Crippen LogP contribution in [-0.2, 0) is 12.8 Å². The molecule has 1 aromatic rings. The second kappa shape index (κ2) is 5.68. The minimum Gasteiger partial charge on any atom is -0.341 e. The Hall–Kier alpha value is -1.16. The first-order valence-electron chi connectivity index (χ1n) is 8.05. The van der Waals surface area contributed by atoms with Crippen LogP contribution in [0.5, 0.6) is 0 Å². The Morgan fingerprint density at radius 2 is 1.65 bits per heavy atom. The fourth-order valence-corrected chi connectivity index (χ4v) is 3.57. The molecule has 1 N–H and O–H groups in total. The third kappa shape index (κ3) is 2.66. The van der Waals surface area contributed by atoms with Gasteiger partial charge in [0, 0.05) is 36.6 Å². The van der Waals surface area contributed by atoms with Crippen LogP contribution in [0.1, 0.15) is 50.9 Å². The molecular weight excluding hydrogens is 248 g/mol. The molecule has 0 spiro atoms. The van der Waals surface area contributed by atoms with E-state index >= 15 is 0 Å². The molecule has 20 heavy (non-hydrogen) atoms. The molecule has 2 atom stereocenters. The Labute approximate surface area is 122 Å². The van der Waals surface area contributed by atoms with Gasteiger partial charge in [-0.15, -0.1) is 0 Å². The molecule has 1 aromatic heterocycles. The number of piperidine rings is 1. The van der Waals surface area contributed by atoms with Gasteiger partial charge < -0.3 is 10.2 Å². The molecular formula is C16H26N4. The Morgan fingerprint density at radius 3 is 2.15 bits per heavy atom. The number of hydrogen-bond donors (Lipinski definition) is 1. The van der Waals surface area contributed by atoms with Crippen LogP contribution in [0.2, 0.25) is 0 Å². The largest absolute Gasteiger partial charge is 0.341 e. The number of aryl methyl sites for hydroxylation is 2. The van der Waals surface area contributed by atoms with Gasteiger partial charge in [0.05, 0.1) is 0 Å². The third-order valence-corrected chi connectivity index (χ3v) is 4.86. The van der Waals surface area contributed by atoms with Gasteiger partial charge in [-0.05, 0) is 44.6 Å². The lowest BCUT2D eigenvalue weighted by molar-refractivity contribution is 0.352. The van der Waals surface area contributed by atoms with E-state index in [2.05, 4.69) is 37.2 Å². The fourth-order valence-electron chi connectivity index (χ4n) is 3.57. The van der Waals surface area contributed by atoms with E-state index in [0.29, 0.717) is 18.1 Å². The van der Waals surface area contributed by atoms with Crippen LogP contribution in [0.15, 0.2) is 6.07 Å². The molecule has 4 heteroatoms. The predicted octanol–water partition coefficient (Wildman–Crippen LogP) is 2.32. The Morgan fingerprint density at radius 1 is 1.10 bits per heavy atom. The zero-order chi connectivity index (χ0) is 14.1. The number of fused-ring (bicyclic) bond motifs is 2. The average Bonchev–Trinajstić information content (AvgIpc) is 2.84. The summed E-state index contributed by atoms with van der Waals surface area (Å²) in [6.45, 7) is 4.33. The first-order chi connectivity index (χ1) is 9.69. The van der Waals surface area contributed by atoms with Crippen LogP contribution in [0, 0.1) is 0 Å². The van der Waals surface area contributed by atoms with E-state index < -0.39 is 0 Å². The SMILES string of the molecule is CCc1cc(CC)nc(N(C)C2CC3CCC(C2)N3)n1. The Balaban J connectivity index is 1.80. The van der Waals surface area contributed by atoms with Crippen molar-refractivity contribution in [1.82, 2.24) is 15.3 Å². The van der Waals surface area contributed by atoms with Crippen molar-refractivity contribution in [2.45, 2.75) is 70.5 Å². The Kier molecular flexibility index (Phi) is 3.92. The van der Waals surface area contributed by atoms with Crippen molar-refractivity contribution in [2.24, 2.45) is 0 Å². The molecule has 3 rings (SSSR count). The predicted molar refractivity (Wildman–Crippen MR) is 82.2 cm³/mol. The zero-order valence-electron chi connectivity index (χ0n) is 12.9. The van der Waals surface area contributed by atoms with Gasteiger partial charge in [-0.1, -0.05) is 13.8 Å². The van der Waals surface area contributed by atoms with Crippen molar-refractivity contribution in [3.05, 3.63) is 17.5 Å². The number of hydrogen-bond acceptors (Lipinski definition) is 4. The monoisotopic (exact) mass is 274 g/mol. The number of nitrogens with zero attached hydrogens (tertiary/aromatic N) is 3. The maximum atomic E-state index is 4.74. The number of aromatic nitrogens is 2. The van der Waals surface area contributed by atoms with Gasteiger partial charge in [0.1, 0.15) is 0 Å². The van der Waals surface area contributed by atoms with Gasteiger partial charge in [0.15, 0.2) is 0 Å². The molecule has 2 bridgehead atoms. The Bertz CT molecular complexity index is 439. The second-order valence-corrected chi connectivity index (χ2v) is 6.23. The van der Waals surface area contributed by atoms with E-state index in [1.165, 1.54) is 25.7 Å². The summed E-state index contributed by atoms with van der Waals surface area (Å²) in [5.41, 5.74) is 2.33. The highest BCUT2D eigenvalue weighted by atomic mass is 15.3. The molecule has 0 aliphatic carbocycles. The smallest absolute Gasteiger partial charge is 0.225 e. The van der Waals surface area contributed by atoms with Crippen molar-refractivity contribution >= 4 is 5.95 Å². The standard InChI is InChI=1S/C16H26N4/c1-4-11-8-12(5-2)19-16(18-11)20(3)15-9-13-6-7-14(10-15)17-13/h8,13-15,17H,4-7,9-10H2,1-3H3. The normalized spacial score (nSPS) is 28.6. The van der Waals surface area contributed by atoms with Gasteiger partial charge in [-0.3, -0.25) is 0 Å². The second-order valence-electron chi connectivity index (χ2n) is 6.23. The van der Waals surface area contributed by atoms with Crippen molar-refractivity contribution in [1.29, 1.82) is 0 Å². The van der Waals surface area contributed by atoms with Crippen molar-refractivity contribution in [2.75, 3.05) is 11.9 Å². The molecule has 2 fully saturated rings. The van der Waals surface area contributed by atoms with Crippen LogP contribution in [0.25, 0.3) is 0 Å². The molecule has 0 saturated carbocycles. The quantitative estimate of drug-likeness (QED) is 0.915. The highest BCUT2D eigenvalue weighted by Crippen LogP contribution is 2.30. The summed E-state index contributed by atoms with van der Waals surface area (Å²) in [6, 6.07) is 4.15. The highest BCUT2D eigenvalue weighted by molar-refractivity contribution is 5.34. The third-order valence-electron chi connectivity index (χ3n) is 4.86. The zero-order valence-corrected chi connectivity index (χ0v) is 12.9. The summed E-state index contributed by atoms with van der Waals surface area (Å²) < 4.78 is 0. The summed E-state index contributed by atoms with van der Waals surface area (Å²) >= 11 is 0. The molecule has 2 saturated heterocycles.